The summed E-state index contributed by atoms with van der Waals surface area (Å²) in [5.41, 5.74) is 2.45. The largest absolute Gasteiger partial charge is 0.361 e. The molecule has 1 aliphatic heterocycles. The van der Waals surface area contributed by atoms with E-state index in [2.05, 4.69) is 11.1 Å². The highest BCUT2D eigenvalue weighted by Crippen LogP contribution is 2.26. The number of aryl methyl sites for hydroxylation is 2. The molecule has 174 valence electrons. The molecule has 0 spiro atoms. The van der Waals surface area contributed by atoms with Gasteiger partial charge in [-0.2, -0.15) is 4.31 Å². The van der Waals surface area contributed by atoms with Gasteiger partial charge in [-0.05, 0) is 37.0 Å². The zero-order chi connectivity index (χ0) is 23.6. The van der Waals surface area contributed by atoms with Crippen molar-refractivity contribution in [1.82, 2.24) is 14.2 Å². The summed E-state index contributed by atoms with van der Waals surface area (Å²) in [4.78, 5) is 28.0. The van der Waals surface area contributed by atoms with Crippen LogP contribution in [0.15, 0.2) is 53.6 Å². The molecule has 0 bridgehead atoms. The fourth-order valence-corrected chi connectivity index (χ4v) is 5.89. The summed E-state index contributed by atoms with van der Waals surface area (Å²) >= 11 is 0. The average molecular weight is 471 g/mol. The summed E-state index contributed by atoms with van der Waals surface area (Å²) < 4.78 is 27.4. The zero-order valence-corrected chi connectivity index (χ0v) is 19.2. The number of amides is 1. The Kier molecular flexibility index (Phi) is 6.48. The topological polar surface area (TPSA) is 117 Å². The molecule has 0 aliphatic carbocycles. The lowest BCUT2D eigenvalue weighted by atomic mass is 10.1. The minimum atomic E-state index is -3.88. The molecular weight excluding hydrogens is 444 g/mol. The number of aromatic amines is 1. The van der Waals surface area contributed by atoms with Gasteiger partial charge in [-0.15, -0.1) is 0 Å². The monoisotopic (exact) mass is 470 g/mol. The lowest BCUT2D eigenvalue weighted by molar-refractivity contribution is -0.385. The van der Waals surface area contributed by atoms with Crippen LogP contribution in [0.3, 0.4) is 0 Å². The van der Waals surface area contributed by atoms with Crippen molar-refractivity contribution >= 4 is 32.5 Å². The molecule has 33 heavy (non-hydrogen) atoms. The third-order valence-electron chi connectivity index (χ3n) is 6.10. The van der Waals surface area contributed by atoms with Crippen molar-refractivity contribution in [3.8, 4) is 0 Å². The van der Waals surface area contributed by atoms with Gasteiger partial charge in [0.15, 0.2) is 0 Å². The molecule has 2 aromatic carbocycles. The van der Waals surface area contributed by atoms with Crippen LogP contribution in [-0.2, 0) is 21.2 Å². The number of nitro benzene ring substituents is 1. The van der Waals surface area contributed by atoms with E-state index in [-0.39, 0.29) is 29.6 Å². The number of nitrogens with one attached hydrogen (secondary N) is 1. The van der Waals surface area contributed by atoms with Crippen LogP contribution in [0, 0.1) is 17.0 Å². The molecule has 0 atom stereocenters. The standard InChI is InChI=1S/C23H26N4O5S/c1-17-9-10-19(27(29)30)15-22(17)33(31,32)26-13-11-25(12-14-26)23(28)8-4-5-18-16-24-21-7-3-2-6-20(18)21/h2-3,6-7,9-10,15-16,24H,4-5,8,11-14H2,1H3. The molecule has 1 aromatic heterocycles. The smallest absolute Gasteiger partial charge is 0.270 e. The quantitative estimate of drug-likeness (QED) is 0.420. The summed E-state index contributed by atoms with van der Waals surface area (Å²) in [7, 11) is -3.88. The molecule has 4 rings (SSSR count). The molecule has 3 aromatic rings. The molecule has 2 heterocycles. The Hall–Kier alpha value is -3.24. The van der Waals surface area contributed by atoms with Crippen molar-refractivity contribution in [1.29, 1.82) is 0 Å². The Labute approximate surface area is 192 Å². The number of carbonyl (C=O) groups excluding carboxylic acids is 1. The number of para-hydroxylation sites is 1. The van der Waals surface area contributed by atoms with Gasteiger partial charge in [0.1, 0.15) is 0 Å². The first-order chi connectivity index (χ1) is 15.8. The van der Waals surface area contributed by atoms with Crippen LogP contribution in [0.4, 0.5) is 5.69 Å². The third-order valence-corrected chi connectivity index (χ3v) is 8.14. The van der Waals surface area contributed by atoms with Crippen molar-refractivity contribution in [2.45, 2.75) is 31.1 Å². The van der Waals surface area contributed by atoms with Crippen LogP contribution >= 0.6 is 0 Å². The van der Waals surface area contributed by atoms with E-state index in [4.69, 9.17) is 0 Å². The number of nitro groups is 1. The van der Waals surface area contributed by atoms with E-state index < -0.39 is 14.9 Å². The summed E-state index contributed by atoms with van der Waals surface area (Å²) in [6.07, 6.45) is 3.88. The molecule has 0 radical (unpaired) electrons. The van der Waals surface area contributed by atoms with Gasteiger partial charge in [0.25, 0.3) is 5.69 Å². The molecule has 1 N–H and O–H groups in total. The normalized spacial score (nSPS) is 15.1. The Morgan fingerprint density at radius 2 is 1.85 bits per heavy atom. The van der Waals surface area contributed by atoms with Gasteiger partial charge in [0, 0.05) is 61.8 Å². The molecular formula is C23H26N4O5S. The van der Waals surface area contributed by atoms with Crippen LogP contribution in [0.1, 0.15) is 24.0 Å². The van der Waals surface area contributed by atoms with Gasteiger partial charge in [0.2, 0.25) is 15.9 Å². The number of H-pyrrole nitrogens is 1. The molecule has 1 saturated heterocycles. The van der Waals surface area contributed by atoms with E-state index in [0.717, 1.165) is 18.0 Å². The number of piperazine rings is 1. The highest BCUT2D eigenvalue weighted by molar-refractivity contribution is 7.89. The molecule has 0 saturated carbocycles. The predicted octanol–water partition coefficient (Wildman–Crippen LogP) is 3.24. The number of non-ortho nitro benzene ring substituents is 1. The number of fused-ring (bicyclic) bond motifs is 1. The van der Waals surface area contributed by atoms with E-state index in [0.29, 0.717) is 31.5 Å². The summed E-state index contributed by atoms with van der Waals surface area (Å²) in [5, 5.41) is 12.2. The first kappa shape index (κ1) is 22.9. The Bertz CT molecular complexity index is 1290. The van der Waals surface area contributed by atoms with Crippen molar-refractivity contribution in [2.24, 2.45) is 0 Å². The lowest BCUT2D eigenvalue weighted by Crippen LogP contribution is -2.50. The van der Waals surface area contributed by atoms with E-state index in [1.807, 2.05) is 24.4 Å². The maximum atomic E-state index is 13.1. The van der Waals surface area contributed by atoms with E-state index >= 15 is 0 Å². The van der Waals surface area contributed by atoms with Gasteiger partial charge in [-0.25, -0.2) is 8.42 Å². The second kappa shape index (κ2) is 9.32. The molecule has 1 amide bonds. The van der Waals surface area contributed by atoms with E-state index in [1.165, 1.54) is 27.4 Å². The van der Waals surface area contributed by atoms with Gasteiger partial charge in [-0.3, -0.25) is 14.9 Å². The Morgan fingerprint density at radius 1 is 1.12 bits per heavy atom. The molecule has 10 heteroatoms. The van der Waals surface area contributed by atoms with Gasteiger partial charge < -0.3 is 9.88 Å². The van der Waals surface area contributed by atoms with Crippen LogP contribution in [-0.4, -0.2) is 59.6 Å². The van der Waals surface area contributed by atoms with Crippen molar-refractivity contribution < 1.29 is 18.1 Å². The first-order valence-corrected chi connectivity index (χ1v) is 12.3. The number of sulfonamides is 1. The molecule has 0 unspecified atom stereocenters. The lowest BCUT2D eigenvalue weighted by Gasteiger charge is -2.34. The highest BCUT2D eigenvalue weighted by atomic mass is 32.2. The number of hydrogen-bond donors (Lipinski definition) is 1. The zero-order valence-electron chi connectivity index (χ0n) is 18.4. The second-order valence-corrected chi connectivity index (χ2v) is 10.1. The van der Waals surface area contributed by atoms with E-state index in [9.17, 15) is 23.3 Å². The Balaban J connectivity index is 1.33. The minimum absolute atomic E-state index is 0.0124. The van der Waals surface area contributed by atoms with Crippen LogP contribution in [0.25, 0.3) is 10.9 Å². The van der Waals surface area contributed by atoms with Crippen molar-refractivity contribution in [3.05, 3.63) is 69.9 Å². The maximum Gasteiger partial charge on any atom is 0.270 e. The van der Waals surface area contributed by atoms with Crippen LogP contribution in [0.5, 0.6) is 0 Å². The number of rotatable bonds is 7. The van der Waals surface area contributed by atoms with Gasteiger partial charge >= 0.3 is 0 Å². The number of nitrogens with zero attached hydrogens (tertiary/aromatic N) is 3. The minimum Gasteiger partial charge on any atom is -0.361 e. The number of benzene rings is 2. The first-order valence-electron chi connectivity index (χ1n) is 10.9. The number of aromatic nitrogens is 1. The summed E-state index contributed by atoms with van der Waals surface area (Å²) in [5.74, 6) is 0.0124. The summed E-state index contributed by atoms with van der Waals surface area (Å²) in [6, 6.07) is 11.9. The number of carbonyl (C=O) groups is 1. The fourth-order valence-electron chi connectivity index (χ4n) is 4.22. The fraction of sp³-hybridized carbons (Fsp3) is 0.348. The van der Waals surface area contributed by atoms with Gasteiger partial charge in [-0.1, -0.05) is 24.3 Å². The number of hydrogen-bond acceptors (Lipinski definition) is 5. The average Bonchev–Trinajstić information content (AvgIpc) is 3.22. The van der Waals surface area contributed by atoms with Crippen LogP contribution in [0.2, 0.25) is 0 Å². The van der Waals surface area contributed by atoms with Crippen molar-refractivity contribution in [3.63, 3.8) is 0 Å². The van der Waals surface area contributed by atoms with Crippen LogP contribution < -0.4 is 0 Å². The van der Waals surface area contributed by atoms with Gasteiger partial charge in [0.05, 0.1) is 9.82 Å². The van der Waals surface area contributed by atoms with Crippen molar-refractivity contribution in [2.75, 3.05) is 26.2 Å². The molecule has 1 fully saturated rings. The highest BCUT2D eigenvalue weighted by Gasteiger charge is 2.32. The molecule has 9 nitrogen and oxygen atoms in total. The third kappa shape index (κ3) is 4.76. The SMILES string of the molecule is Cc1ccc([N+](=O)[O-])cc1S(=O)(=O)N1CCN(C(=O)CCCc2c[nH]c3ccccc23)CC1. The van der Waals surface area contributed by atoms with E-state index in [1.54, 1.807) is 11.8 Å². The maximum absolute atomic E-state index is 13.1. The Morgan fingerprint density at radius 3 is 2.58 bits per heavy atom. The predicted molar refractivity (Wildman–Crippen MR) is 124 cm³/mol. The summed E-state index contributed by atoms with van der Waals surface area (Å²) in [6.45, 7) is 2.56. The second-order valence-electron chi connectivity index (χ2n) is 8.20. The molecule has 1 aliphatic rings.